The number of nitrogens with zero attached hydrogens (tertiary/aromatic N) is 1. The van der Waals surface area contributed by atoms with E-state index in [0.29, 0.717) is 37.1 Å². The molecule has 0 unspecified atom stereocenters. The normalized spacial score (nSPS) is 45.5. The number of nitrogens with two attached hydrogens (primary N) is 1. The zero-order valence-electron chi connectivity index (χ0n) is 21.7. The van der Waals surface area contributed by atoms with E-state index in [1.807, 2.05) is 0 Å². The molecule has 5 aliphatic rings. The summed E-state index contributed by atoms with van der Waals surface area (Å²) in [6.45, 7) is 8.10. The Hall–Kier alpha value is -1.97. The van der Waals surface area contributed by atoms with Crippen molar-refractivity contribution in [3.8, 4) is 0 Å². The van der Waals surface area contributed by atoms with Crippen LogP contribution in [0, 0.1) is 28.6 Å². The van der Waals surface area contributed by atoms with Gasteiger partial charge in [0.15, 0.2) is 0 Å². The smallest absolute Gasteiger partial charge is 0.328 e. The minimum atomic E-state index is -1.26. The first kappa shape index (κ1) is 27.1. The highest BCUT2D eigenvalue weighted by atomic mass is 16.7. The minimum absolute atomic E-state index is 0.0516. The van der Waals surface area contributed by atoms with Crippen LogP contribution in [0.2, 0.25) is 0 Å². The van der Waals surface area contributed by atoms with E-state index in [-0.39, 0.29) is 28.1 Å². The lowest BCUT2D eigenvalue weighted by atomic mass is 9.43. The van der Waals surface area contributed by atoms with E-state index in [9.17, 15) is 14.7 Å². The molecule has 4 aliphatic carbocycles. The summed E-state index contributed by atoms with van der Waals surface area (Å²) in [4.78, 5) is 24.6. The van der Waals surface area contributed by atoms with Gasteiger partial charge in [0.1, 0.15) is 17.8 Å². The Morgan fingerprint density at radius 3 is 2.39 bits per heavy atom. The number of carbonyl (C=O) groups is 2. The van der Waals surface area contributed by atoms with Crippen molar-refractivity contribution in [1.29, 1.82) is 0 Å². The summed E-state index contributed by atoms with van der Waals surface area (Å²) in [6, 6.07) is 0. The summed E-state index contributed by atoms with van der Waals surface area (Å²) in [5.41, 5.74) is 6.79. The van der Waals surface area contributed by atoms with Crippen LogP contribution in [0.25, 0.3) is 0 Å². The second-order valence-electron chi connectivity index (χ2n) is 11.7. The van der Waals surface area contributed by atoms with Gasteiger partial charge in [-0.25, -0.2) is 9.59 Å². The molecule has 0 bridgehead atoms. The molecule has 8 atom stereocenters. The number of epoxide rings is 1. The Bertz CT molecular complexity index is 921. The van der Waals surface area contributed by atoms with Gasteiger partial charge in [-0.05, 0) is 81.0 Å². The third kappa shape index (κ3) is 3.98. The van der Waals surface area contributed by atoms with Crippen molar-refractivity contribution in [3.63, 3.8) is 0 Å². The number of hydrogen-bond donors (Lipinski definition) is 4. The highest BCUT2D eigenvalue weighted by Gasteiger charge is 2.83. The average molecular weight is 507 g/mol. The Morgan fingerprint density at radius 2 is 1.78 bits per heavy atom. The fourth-order valence-corrected chi connectivity index (χ4v) is 8.77. The maximum atomic E-state index is 10.7. The third-order valence-electron chi connectivity index (χ3n) is 10.5. The summed E-state index contributed by atoms with van der Waals surface area (Å²) in [5, 5.41) is 30.8. The van der Waals surface area contributed by atoms with Crippen molar-refractivity contribution in [1.82, 2.24) is 0 Å². The van der Waals surface area contributed by atoms with Crippen LogP contribution in [0.3, 0.4) is 0 Å². The zero-order chi connectivity index (χ0) is 26.4. The summed E-state index contributed by atoms with van der Waals surface area (Å²) in [5.74, 6) is -0.366. The Balaban J connectivity index is 0.000000331. The lowest BCUT2D eigenvalue weighted by Gasteiger charge is -2.59. The van der Waals surface area contributed by atoms with E-state index < -0.39 is 11.9 Å². The molecule has 1 spiro atoms. The van der Waals surface area contributed by atoms with Crippen molar-refractivity contribution in [2.75, 3.05) is 13.2 Å². The molecule has 4 saturated carbocycles. The number of aliphatic carboxylic acids is 2. The molecule has 36 heavy (non-hydrogen) atoms. The first-order valence-electron chi connectivity index (χ1n) is 13.4. The van der Waals surface area contributed by atoms with Gasteiger partial charge >= 0.3 is 11.9 Å². The third-order valence-corrected chi connectivity index (χ3v) is 10.5. The quantitative estimate of drug-likeness (QED) is 0.185. The van der Waals surface area contributed by atoms with Crippen LogP contribution in [-0.4, -0.2) is 63.4 Å². The summed E-state index contributed by atoms with van der Waals surface area (Å²) in [6.07, 6.45) is 11.1. The van der Waals surface area contributed by atoms with E-state index in [1.165, 1.54) is 25.7 Å². The van der Waals surface area contributed by atoms with Crippen molar-refractivity contribution in [3.05, 3.63) is 12.2 Å². The Morgan fingerprint density at radius 1 is 1.08 bits per heavy atom. The predicted molar refractivity (Wildman–Crippen MR) is 133 cm³/mol. The average Bonchev–Trinajstić information content (AvgIpc) is 3.44. The fourth-order valence-electron chi connectivity index (χ4n) is 8.77. The van der Waals surface area contributed by atoms with E-state index in [4.69, 9.17) is 25.5 Å². The van der Waals surface area contributed by atoms with Crippen LogP contribution in [-0.2, 0) is 19.2 Å². The Kier molecular flexibility index (Phi) is 7.31. The van der Waals surface area contributed by atoms with Crippen LogP contribution in [0.1, 0.15) is 78.6 Å². The van der Waals surface area contributed by atoms with Crippen LogP contribution in [0.5, 0.6) is 0 Å². The molecule has 0 aromatic rings. The molecule has 0 aromatic carbocycles. The van der Waals surface area contributed by atoms with Gasteiger partial charge in [0.05, 0.1) is 11.8 Å². The molecule has 202 valence electrons. The molecule has 5 fully saturated rings. The largest absolute Gasteiger partial charge is 0.478 e. The highest BCUT2D eigenvalue weighted by Crippen LogP contribution is 2.76. The number of fused-ring (bicyclic) bond motifs is 4. The number of carboxylic acid groups (broad SMARTS) is 2. The molecule has 5 N–H and O–H groups in total. The number of ether oxygens (including phenoxy) is 1. The molecule has 1 heterocycles. The van der Waals surface area contributed by atoms with Gasteiger partial charge in [0.2, 0.25) is 0 Å². The van der Waals surface area contributed by atoms with E-state index in [2.05, 4.69) is 25.9 Å². The maximum absolute atomic E-state index is 10.7. The maximum Gasteiger partial charge on any atom is 0.328 e. The van der Waals surface area contributed by atoms with Gasteiger partial charge in [-0.3, -0.25) is 0 Å². The van der Waals surface area contributed by atoms with Crippen molar-refractivity contribution >= 4 is 17.7 Å². The molecule has 0 aromatic heterocycles. The number of aliphatic hydroxyl groups is 1. The summed E-state index contributed by atoms with van der Waals surface area (Å²) in [7, 11) is 0. The minimum Gasteiger partial charge on any atom is -0.478 e. The number of rotatable bonds is 6. The zero-order valence-corrected chi connectivity index (χ0v) is 21.7. The van der Waals surface area contributed by atoms with E-state index >= 15 is 0 Å². The molecule has 1 saturated heterocycles. The molecular weight excluding hydrogens is 464 g/mol. The molecule has 9 nitrogen and oxygen atoms in total. The molecular formula is C27H42N2O7. The van der Waals surface area contributed by atoms with Crippen molar-refractivity contribution in [2.45, 2.75) is 95.9 Å². The van der Waals surface area contributed by atoms with Gasteiger partial charge in [-0.2, -0.15) is 0 Å². The second kappa shape index (κ2) is 9.72. The molecule has 5 rings (SSSR count). The Labute approximate surface area is 213 Å². The fraction of sp³-hybridized carbons (Fsp3) is 0.815. The topological polar surface area (TPSA) is 155 Å². The second-order valence-corrected chi connectivity index (χ2v) is 11.7. The number of hydrogen-bond acceptors (Lipinski definition) is 7. The summed E-state index contributed by atoms with van der Waals surface area (Å²) >= 11 is 0. The first-order chi connectivity index (χ1) is 17.0. The summed E-state index contributed by atoms with van der Waals surface area (Å²) < 4.78 is 6.77. The standard InChI is InChI=1S/C23H38N2O3.C4H4O4/c1-4-22-18(25-27-14-13-24)9-11-21(3)17-8-10-20(2)16(5-6-19(20)26)15(17)7-12-23(21,22)28-22;5-3(6)1-2-4(7)8/h15-17,19,26H,4-14,24H2,1-3H3;1-2H,(H,5,6)(H,7,8)/b25-18+;2-1+/t15-,16-,17-,19-,20-,21+,22-,23-;/m0./s1. The molecule has 0 amide bonds. The monoisotopic (exact) mass is 506 g/mol. The molecule has 0 radical (unpaired) electrons. The first-order valence-corrected chi connectivity index (χ1v) is 13.4. The van der Waals surface area contributed by atoms with Gasteiger partial charge in [0, 0.05) is 24.1 Å². The van der Waals surface area contributed by atoms with Crippen molar-refractivity contribution in [2.24, 2.45) is 39.5 Å². The predicted octanol–water partition coefficient (Wildman–Crippen LogP) is 3.34. The van der Waals surface area contributed by atoms with E-state index in [1.54, 1.807) is 0 Å². The number of oxime groups is 1. The highest BCUT2D eigenvalue weighted by molar-refractivity contribution is 5.98. The van der Waals surface area contributed by atoms with Gasteiger partial charge in [-0.1, -0.05) is 25.9 Å². The van der Waals surface area contributed by atoms with Crippen LogP contribution in [0.4, 0.5) is 0 Å². The van der Waals surface area contributed by atoms with E-state index in [0.717, 1.165) is 43.7 Å². The lowest BCUT2D eigenvalue weighted by Crippen LogP contribution is -2.60. The van der Waals surface area contributed by atoms with Crippen LogP contribution in [0.15, 0.2) is 17.3 Å². The molecule has 1 aliphatic heterocycles. The van der Waals surface area contributed by atoms with Crippen molar-refractivity contribution < 1.29 is 34.5 Å². The molecule has 9 heteroatoms. The van der Waals surface area contributed by atoms with Crippen LogP contribution < -0.4 is 5.73 Å². The number of carboxylic acids is 2. The lowest BCUT2D eigenvalue weighted by molar-refractivity contribution is -0.134. The SMILES string of the molecule is CC[C@@]12O[C@]13CC[C@H]1[C@@H]4CC[C@H](O)[C@@]4(C)CC[C@@H]1[C@@]3(C)CC/C2=N\OCCN.O=C(O)/C=C/C(=O)O. The van der Waals surface area contributed by atoms with Crippen LogP contribution >= 0.6 is 0 Å². The van der Waals surface area contributed by atoms with Gasteiger partial charge in [0.25, 0.3) is 0 Å². The van der Waals surface area contributed by atoms with Gasteiger partial charge in [-0.15, -0.1) is 0 Å². The number of aliphatic hydroxyl groups excluding tert-OH is 1. The van der Waals surface area contributed by atoms with Gasteiger partial charge < -0.3 is 30.6 Å².